The average Bonchev–Trinajstić information content (AvgIpc) is 2.39. The lowest BCUT2D eigenvalue weighted by Crippen LogP contribution is -2.36. The normalized spacial score (nSPS) is 15.0. The van der Waals surface area contributed by atoms with E-state index in [1.54, 1.807) is 0 Å². The van der Waals surface area contributed by atoms with Gasteiger partial charge in [0.2, 0.25) is 5.91 Å². The Balaban J connectivity index is 2.24. The van der Waals surface area contributed by atoms with Crippen molar-refractivity contribution in [3.63, 3.8) is 0 Å². The van der Waals surface area contributed by atoms with Crippen molar-refractivity contribution in [3.8, 4) is 0 Å². The van der Waals surface area contributed by atoms with Crippen LogP contribution in [0.3, 0.4) is 0 Å². The number of rotatable bonds is 2. The molecule has 5 nitrogen and oxygen atoms in total. The summed E-state index contributed by atoms with van der Waals surface area (Å²) in [5.41, 5.74) is 1.83. The Hall–Kier alpha value is -2.04. The van der Waals surface area contributed by atoms with Gasteiger partial charge >= 0.3 is 5.97 Å². The molecule has 0 unspecified atom stereocenters. The van der Waals surface area contributed by atoms with Gasteiger partial charge < -0.3 is 15.3 Å². The summed E-state index contributed by atoms with van der Waals surface area (Å²) in [6.45, 7) is 0.230. The summed E-state index contributed by atoms with van der Waals surface area (Å²) in [7, 11) is 0. The molecule has 0 saturated carbocycles. The molecule has 1 aliphatic rings. The van der Waals surface area contributed by atoms with Crippen molar-refractivity contribution in [2.45, 2.75) is 6.54 Å². The Labute approximate surface area is 92.7 Å². The van der Waals surface area contributed by atoms with Gasteiger partial charge in [-0.2, -0.15) is 0 Å². The van der Waals surface area contributed by atoms with Crippen LogP contribution in [-0.4, -0.2) is 35.0 Å². The van der Waals surface area contributed by atoms with Crippen molar-refractivity contribution in [3.05, 3.63) is 29.8 Å². The highest BCUT2D eigenvalue weighted by atomic mass is 16.4. The topological polar surface area (TPSA) is 69.6 Å². The Bertz CT molecular complexity index is 431. The van der Waals surface area contributed by atoms with Crippen LogP contribution >= 0.6 is 0 Å². The molecular formula is C11H12N2O3. The molecule has 1 aliphatic heterocycles. The smallest absolute Gasteiger partial charge is 0.323 e. The fourth-order valence-corrected chi connectivity index (χ4v) is 1.71. The van der Waals surface area contributed by atoms with Gasteiger partial charge in [0.15, 0.2) is 0 Å². The molecule has 0 atom stereocenters. The van der Waals surface area contributed by atoms with Gasteiger partial charge in [-0.05, 0) is 11.6 Å². The molecule has 0 bridgehead atoms. The number of aliphatic carboxylic acids is 1. The van der Waals surface area contributed by atoms with E-state index < -0.39 is 5.97 Å². The number of carboxylic acid groups (broad SMARTS) is 1. The molecule has 0 fully saturated rings. The molecule has 0 spiro atoms. The van der Waals surface area contributed by atoms with Crippen LogP contribution in [0.2, 0.25) is 0 Å². The van der Waals surface area contributed by atoms with Gasteiger partial charge in [-0.3, -0.25) is 9.59 Å². The Kier molecular flexibility index (Phi) is 2.76. The number of benzene rings is 1. The van der Waals surface area contributed by atoms with Gasteiger partial charge in [0.05, 0.1) is 6.54 Å². The summed E-state index contributed by atoms with van der Waals surface area (Å²) in [4.78, 5) is 23.6. The van der Waals surface area contributed by atoms with E-state index in [-0.39, 0.29) is 19.0 Å². The predicted octanol–water partition coefficient (Wildman–Crippen LogP) is 0.525. The summed E-state index contributed by atoms with van der Waals surface area (Å²) in [5.74, 6) is -1.19. The molecule has 0 aliphatic carbocycles. The number of carbonyl (C=O) groups excluding carboxylic acids is 1. The zero-order chi connectivity index (χ0) is 11.5. The van der Waals surface area contributed by atoms with E-state index in [4.69, 9.17) is 5.11 Å². The molecule has 84 valence electrons. The quantitative estimate of drug-likeness (QED) is 0.762. The van der Waals surface area contributed by atoms with Crippen molar-refractivity contribution in [2.24, 2.45) is 0 Å². The van der Waals surface area contributed by atoms with Gasteiger partial charge in [-0.1, -0.05) is 18.2 Å². The lowest BCUT2D eigenvalue weighted by molar-refractivity contribution is -0.144. The van der Waals surface area contributed by atoms with E-state index in [9.17, 15) is 9.59 Å². The Morgan fingerprint density at radius 3 is 2.94 bits per heavy atom. The molecule has 2 N–H and O–H groups in total. The molecule has 5 heteroatoms. The minimum atomic E-state index is -0.993. The number of hydrogen-bond donors (Lipinski definition) is 2. The molecule has 1 aromatic rings. The molecule has 1 amide bonds. The number of nitrogens with zero attached hydrogens (tertiary/aromatic N) is 1. The predicted molar refractivity (Wildman–Crippen MR) is 58.0 cm³/mol. The largest absolute Gasteiger partial charge is 0.480 e. The van der Waals surface area contributed by atoms with Crippen molar-refractivity contribution in [1.82, 2.24) is 4.90 Å². The number of fused-ring (bicyclic) bond motifs is 1. The third kappa shape index (κ3) is 2.13. The van der Waals surface area contributed by atoms with Gasteiger partial charge in [0.1, 0.15) is 6.54 Å². The van der Waals surface area contributed by atoms with Crippen LogP contribution in [0.5, 0.6) is 0 Å². The van der Waals surface area contributed by atoms with Crippen molar-refractivity contribution in [1.29, 1.82) is 0 Å². The summed E-state index contributed by atoms with van der Waals surface area (Å²) in [6, 6.07) is 7.51. The molecule has 0 radical (unpaired) electrons. The number of nitrogens with one attached hydrogen (secondary N) is 1. The fraction of sp³-hybridized carbons (Fsp3) is 0.273. The third-order valence-electron chi connectivity index (χ3n) is 2.49. The maximum atomic E-state index is 11.6. The van der Waals surface area contributed by atoms with Crippen LogP contribution < -0.4 is 5.32 Å². The lowest BCUT2D eigenvalue weighted by Gasteiger charge is -2.17. The van der Waals surface area contributed by atoms with Crippen LogP contribution in [0, 0.1) is 0 Å². The number of hydrogen-bond acceptors (Lipinski definition) is 3. The van der Waals surface area contributed by atoms with E-state index in [0.717, 1.165) is 11.3 Å². The summed E-state index contributed by atoms with van der Waals surface area (Å²) in [5, 5.41) is 11.7. The van der Waals surface area contributed by atoms with Crippen LogP contribution in [0.15, 0.2) is 24.3 Å². The van der Waals surface area contributed by atoms with E-state index in [0.29, 0.717) is 6.54 Å². The molecule has 16 heavy (non-hydrogen) atoms. The first kappa shape index (κ1) is 10.5. The maximum Gasteiger partial charge on any atom is 0.323 e. The van der Waals surface area contributed by atoms with E-state index >= 15 is 0 Å². The number of para-hydroxylation sites is 1. The molecule has 1 heterocycles. The van der Waals surface area contributed by atoms with E-state index in [1.807, 2.05) is 24.3 Å². The van der Waals surface area contributed by atoms with Gasteiger partial charge in [-0.25, -0.2) is 0 Å². The van der Waals surface area contributed by atoms with Crippen molar-refractivity contribution < 1.29 is 14.7 Å². The Morgan fingerprint density at radius 2 is 2.19 bits per heavy atom. The van der Waals surface area contributed by atoms with Crippen LogP contribution in [0.1, 0.15) is 5.56 Å². The van der Waals surface area contributed by atoms with Gasteiger partial charge in [0.25, 0.3) is 0 Å². The van der Waals surface area contributed by atoms with Crippen molar-refractivity contribution in [2.75, 3.05) is 18.4 Å². The number of carboxylic acids is 1. The number of anilines is 1. The molecule has 1 aromatic carbocycles. The van der Waals surface area contributed by atoms with E-state index in [1.165, 1.54) is 4.90 Å². The van der Waals surface area contributed by atoms with Crippen molar-refractivity contribution >= 4 is 17.6 Å². The first-order valence-electron chi connectivity index (χ1n) is 4.98. The minimum absolute atomic E-state index is 0.143. The second-order valence-corrected chi connectivity index (χ2v) is 3.65. The molecule has 2 rings (SSSR count). The second kappa shape index (κ2) is 4.22. The van der Waals surface area contributed by atoms with Crippen LogP contribution in [-0.2, 0) is 16.1 Å². The second-order valence-electron chi connectivity index (χ2n) is 3.65. The van der Waals surface area contributed by atoms with Gasteiger partial charge in [-0.15, -0.1) is 0 Å². The highest BCUT2D eigenvalue weighted by molar-refractivity contribution is 5.85. The highest BCUT2D eigenvalue weighted by Gasteiger charge is 2.21. The van der Waals surface area contributed by atoms with Crippen LogP contribution in [0.4, 0.5) is 5.69 Å². The number of amides is 1. The lowest BCUT2D eigenvalue weighted by atomic mass is 10.2. The highest BCUT2D eigenvalue weighted by Crippen LogP contribution is 2.19. The molecule has 0 saturated heterocycles. The minimum Gasteiger partial charge on any atom is -0.480 e. The monoisotopic (exact) mass is 220 g/mol. The summed E-state index contributed by atoms with van der Waals surface area (Å²) < 4.78 is 0. The van der Waals surface area contributed by atoms with Crippen LogP contribution in [0.25, 0.3) is 0 Å². The molecular weight excluding hydrogens is 208 g/mol. The third-order valence-corrected chi connectivity index (χ3v) is 2.49. The standard InChI is InChI=1S/C11H12N2O3/c14-10-5-12-9-4-2-1-3-8(9)6-13(10)7-11(15)16/h1-4,12H,5-7H2,(H,15,16). The zero-order valence-corrected chi connectivity index (χ0v) is 8.64. The summed E-state index contributed by atoms with van der Waals surface area (Å²) in [6.07, 6.45) is 0. The first-order chi connectivity index (χ1) is 7.66. The number of carbonyl (C=O) groups is 2. The van der Waals surface area contributed by atoms with Gasteiger partial charge in [0, 0.05) is 12.2 Å². The summed E-state index contributed by atoms with van der Waals surface area (Å²) >= 11 is 0. The zero-order valence-electron chi connectivity index (χ0n) is 8.64. The van der Waals surface area contributed by atoms with E-state index in [2.05, 4.69) is 5.32 Å². The average molecular weight is 220 g/mol. The maximum absolute atomic E-state index is 11.6. The Morgan fingerprint density at radius 1 is 1.44 bits per heavy atom. The first-order valence-corrected chi connectivity index (χ1v) is 4.98. The SMILES string of the molecule is O=C(O)CN1Cc2ccccc2NCC1=O. The molecule has 0 aromatic heterocycles. The fourth-order valence-electron chi connectivity index (χ4n) is 1.71.